The molecule has 0 heterocycles. The Morgan fingerprint density at radius 2 is 1.95 bits per heavy atom. The van der Waals surface area contributed by atoms with E-state index in [1.807, 2.05) is 0 Å². The van der Waals surface area contributed by atoms with E-state index in [2.05, 4.69) is 27.7 Å². The van der Waals surface area contributed by atoms with Gasteiger partial charge in [0, 0.05) is 12.5 Å². The second kappa shape index (κ2) is 6.02. The van der Waals surface area contributed by atoms with Crippen LogP contribution in [0.5, 0.6) is 0 Å². The van der Waals surface area contributed by atoms with Gasteiger partial charge < -0.3 is 9.53 Å². The van der Waals surface area contributed by atoms with E-state index >= 15 is 0 Å². The maximum Gasteiger partial charge on any atom is 0.330 e. The Balaban J connectivity index is 2.63. The first-order valence-electron chi connectivity index (χ1n) is 8.25. The largest absolute Gasteiger partial charge is 0.466 e. The van der Waals surface area contributed by atoms with Gasteiger partial charge in [-0.1, -0.05) is 33.3 Å². The topological polar surface area (TPSA) is 43.4 Å². The molecule has 0 aromatic rings. The molecule has 2 rings (SSSR count). The summed E-state index contributed by atoms with van der Waals surface area (Å²) in [6.07, 6.45) is 7.36. The number of rotatable bonds is 4. The molecule has 0 saturated heterocycles. The summed E-state index contributed by atoms with van der Waals surface area (Å²) >= 11 is 0. The molecule has 1 fully saturated rings. The molecule has 2 aliphatic rings. The fourth-order valence-electron chi connectivity index (χ4n) is 4.18. The van der Waals surface area contributed by atoms with Crippen molar-refractivity contribution in [3.63, 3.8) is 0 Å². The van der Waals surface area contributed by atoms with Gasteiger partial charge in [0.1, 0.15) is 6.29 Å². The number of allylic oxidation sites excluding steroid dienone is 3. The Kier molecular flexibility index (Phi) is 4.65. The summed E-state index contributed by atoms with van der Waals surface area (Å²) in [5.74, 6) is 0.148. The minimum atomic E-state index is -0.320. The van der Waals surface area contributed by atoms with Crippen LogP contribution < -0.4 is 0 Å². The fourth-order valence-corrected chi connectivity index (χ4v) is 4.18. The summed E-state index contributed by atoms with van der Waals surface area (Å²) in [4.78, 5) is 23.1. The van der Waals surface area contributed by atoms with Gasteiger partial charge in [-0.15, -0.1) is 0 Å². The van der Waals surface area contributed by atoms with E-state index in [1.54, 1.807) is 6.08 Å². The number of carbonyl (C=O) groups excluding carboxylic acids is 2. The molecule has 0 aromatic carbocycles. The number of esters is 1. The minimum Gasteiger partial charge on any atom is -0.466 e. The molecule has 22 heavy (non-hydrogen) atoms. The number of fused-ring (bicyclic) bond motifs is 1. The van der Waals surface area contributed by atoms with Crippen molar-refractivity contribution in [2.24, 2.45) is 16.7 Å². The predicted octanol–water partition coefficient (Wildman–Crippen LogP) is 4.23. The van der Waals surface area contributed by atoms with E-state index in [0.717, 1.165) is 37.5 Å². The van der Waals surface area contributed by atoms with E-state index < -0.39 is 0 Å². The second-order valence-corrected chi connectivity index (χ2v) is 7.63. The quantitative estimate of drug-likeness (QED) is 0.443. The lowest BCUT2D eigenvalue weighted by atomic mass is 9.58. The van der Waals surface area contributed by atoms with Crippen molar-refractivity contribution in [1.29, 1.82) is 0 Å². The molecule has 2 aliphatic carbocycles. The van der Waals surface area contributed by atoms with E-state index in [-0.39, 0.29) is 16.8 Å². The van der Waals surface area contributed by atoms with Gasteiger partial charge in [0.15, 0.2) is 0 Å². The van der Waals surface area contributed by atoms with Gasteiger partial charge in [0.25, 0.3) is 0 Å². The number of hydrogen-bond acceptors (Lipinski definition) is 3. The molecule has 1 saturated carbocycles. The number of methoxy groups -OCH3 is 1. The van der Waals surface area contributed by atoms with E-state index in [1.165, 1.54) is 18.3 Å². The first-order chi connectivity index (χ1) is 10.3. The molecular formula is C19H28O3. The molecule has 2 atom stereocenters. The molecule has 0 unspecified atom stereocenters. The van der Waals surface area contributed by atoms with Crippen molar-refractivity contribution in [2.45, 2.75) is 59.8 Å². The molecule has 0 amide bonds. The Hall–Kier alpha value is -1.38. The van der Waals surface area contributed by atoms with Crippen LogP contribution in [0.15, 0.2) is 22.8 Å². The van der Waals surface area contributed by atoms with Crippen molar-refractivity contribution < 1.29 is 14.3 Å². The highest BCUT2D eigenvalue weighted by Crippen LogP contribution is 2.60. The van der Waals surface area contributed by atoms with Crippen molar-refractivity contribution >= 4 is 12.3 Å². The van der Waals surface area contributed by atoms with Crippen molar-refractivity contribution in [3.05, 3.63) is 22.8 Å². The summed E-state index contributed by atoms with van der Waals surface area (Å²) in [5.41, 5.74) is 3.72. The SMILES string of the molecule is COC(=O)/C=C1/C2=C(C(C)C)CC[C@]2(C)CC[C@@]1(C)CC=O. The average Bonchev–Trinajstić information content (AvgIpc) is 2.81. The van der Waals surface area contributed by atoms with E-state index in [9.17, 15) is 9.59 Å². The third-order valence-corrected chi connectivity index (χ3v) is 5.71. The first-order valence-corrected chi connectivity index (χ1v) is 8.25. The van der Waals surface area contributed by atoms with Crippen LogP contribution in [-0.2, 0) is 14.3 Å². The average molecular weight is 304 g/mol. The molecule has 122 valence electrons. The van der Waals surface area contributed by atoms with Gasteiger partial charge in [0.2, 0.25) is 0 Å². The van der Waals surface area contributed by atoms with Crippen LogP contribution in [0.4, 0.5) is 0 Å². The molecule has 0 bridgehead atoms. The summed E-state index contributed by atoms with van der Waals surface area (Å²) in [5, 5.41) is 0. The number of carbonyl (C=O) groups is 2. The highest BCUT2D eigenvalue weighted by molar-refractivity contribution is 5.84. The molecule has 0 spiro atoms. The van der Waals surface area contributed by atoms with Gasteiger partial charge >= 0.3 is 5.97 Å². The lowest BCUT2D eigenvalue weighted by Crippen LogP contribution is -2.35. The first kappa shape index (κ1) is 17.0. The van der Waals surface area contributed by atoms with E-state index in [4.69, 9.17) is 4.74 Å². The van der Waals surface area contributed by atoms with Crippen LogP contribution >= 0.6 is 0 Å². The summed E-state index contributed by atoms with van der Waals surface area (Å²) in [6, 6.07) is 0. The maximum absolute atomic E-state index is 11.9. The molecule has 0 aliphatic heterocycles. The van der Waals surface area contributed by atoms with Gasteiger partial charge in [-0.25, -0.2) is 4.79 Å². The van der Waals surface area contributed by atoms with Gasteiger partial charge in [0.05, 0.1) is 7.11 Å². The molecular weight excluding hydrogens is 276 g/mol. The smallest absolute Gasteiger partial charge is 0.330 e. The molecule has 3 heteroatoms. The lowest BCUT2D eigenvalue weighted by Gasteiger charge is -2.45. The second-order valence-electron chi connectivity index (χ2n) is 7.63. The lowest BCUT2D eigenvalue weighted by molar-refractivity contribution is -0.135. The highest BCUT2D eigenvalue weighted by Gasteiger charge is 2.48. The van der Waals surface area contributed by atoms with Crippen LogP contribution in [0.1, 0.15) is 59.8 Å². The van der Waals surface area contributed by atoms with Crippen LogP contribution in [0.3, 0.4) is 0 Å². The zero-order valence-corrected chi connectivity index (χ0v) is 14.5. The zero-order valence-electron chi connectivity index (χ0n) is 14.5. The van der Waals surface area contributed by atoms with Crippen LogP contribution in [0.2, 0.25) is 0 Å². The Morgan fingerprint density at radius 1 is 1.27 bits per heavy atom. The summed E-state index contributed by atoms with van der Waals surface area (Å²) in [6.45, 7) is 8.85. The standard InChI is InChI=1S/C19H28O3/c1-13(2)14-6-7-19(4)9-8-18(3,10-11-20)15(17(14)19)12-16(21)22-5/h11-13H,6-10H2,1-5H3/b15-12-/t18-,19+/m0/s1. The predicted molar refractivity (Wildman–Crippen MR) is 87.3 cm³/mol. The normalized spacial score (nSPS) is 33.3. The third-order valence-electron chi connectivity index (χ3n) is 5.71. The number of hydrogen-bond donors (Lipinski definition) is 0. The van der Waals surface area contributed by atoms with Crippen molar-refractivity contribution in [1.82, 2.24) is 0 Å². The van der Waals surface area contributed by atoms with Crippen LogP contribution in [0.25, 0.3) is 0 Å². The van der Waals surface area contributed by atoms with Crippen LogP contribution in [0, 0.1) is 16.7 Å². The van der Waals surface area contributed by atoms with Gasteiger partial charge in [-0.3, -0.25) is 0 Å². The van der Waals surface area contributed by atoms with Crippen molar-refractivity contribution in [3.8, 4) is 0 Å². The Bertz CT molecular complexity index is 541. The molecule has 0 N–H and O–H groups in total. The Morgan fingerprint density at radius 3 is 2.50 bits per heavy atom. The summed E-state index contributed by atoms with van der Waals surface area (Å²) < 4.78 is 4.88. The molecule has 3 nitrogen and oxygen atoms in total. The summed E-state index contributed by atoms with van der Waals surface area (Å²) in [7, 11) is 1.41. The third kappa shape index (κ3) is 2.78. The number of aldehydes is 1. The molecule has 0 aromatic heterocycles. The molecule has 0 radical (unpaired) electrons. The van der Waals surface area contributed by atoms with Crippen molar-refractivity contribution in [2.75, 3.05) is 7.11 Å². The monoisotopic (exact) mass is 304 g/mol. The van der Waals surface area contributed by atoms with Gasteiger partial charge in [-0.2, -0.15) is 0 Å². The number of ether oxygens (including phenoxy) is 1. The Labute approximate surface area is 133 Å². The zero-order chi connectivity index (χ0) is 16.5. The highest BCUT2D eigenvalue weighted by atomic mass is 16.5. The van der Waals surface area contributed by atoms with Crippen LogP contribution in [-0.4, -0.2) is 19.4 Å². The van der Waals surface area contributed by atoms with E-state index in [0.29, 0.717) is 12.3 Å². The fraction of sp³-hybridized carbons (Fsp3) is 0.684. The maximum atomic E-state index is 11.9. The van der Waals surface area contributed by atoms with Gasteiger partial charge in [-0.05, 0) is 53.6 Å². The minimum absolute atomic E-state index is 0.141.